The molecule has 0 bridgehead atoms. The number of ether oxygens (including phenoxy) is 2. The first-order valence-corrected chi connectivity index (χ1v) is 12.5. The lowest BCUT2D eigenvalue weighted by molar-refractivity contribution is -0.126. The third kappa shape index (κ3) is 8.26. The van der Waals surface area contributed by atoms with E-state index in [0.717, 1.165) is 5.56 Å². The Morgan fingerprint density at radius 3 is 2.44 bits per heavy atom. The smallest absolute Gasteiger partial charge is 0.249 e. The maximum Gasteiger partial charge on any atom is 0.249 e. The molecule has 36 heavy (non-hydrogen) atoms. The van der Waals surface area contributed by atoms with Gasteiger partial charge in [0.15, 0.2) is 11.5 Å². The van der Waals surface area contributed by atoms with E-state index in [9.17, 15) is 9.59 Å². The highest BCUT2D eigenvalue weighted by atomic mass is 79.9. The van der Waals surface area contributed by atoms with Gasteiger partial charge in [-0.05, 0) is 71.2 Å². The highest BCUT2D eigenvalue weighted by molar-refractivity contribution is 9.10. The van der Waals surface area contributed by atoms with Crippen LogP contribution in [-0.2, 0) is 16.2 Å². The lowest BCUT2D eigenvalue weighted by Crippen LogP contribution is -2.24. The summed E-state index contributed by atoms with van der Waals surface area (Å²) in [5.74, 6) is 0.00820. The molecule has 0 saturated carbocycles. The first-order valence-electron chi connectivity index (χ1n) is 11.0. The number of aryl methyl sites for hydroxylation is 1. The number of hydrogen-bond acceptors (Lipinski definition) is 5. The van der Waals surface area contributed by atoms with E-state index in [1.807, 2.05) is 38.1 Å². The number of nitrogens with zero attached hydrogens (tertiary/aromatic N) is 1. The van der Waals surface area contributed by atoms with Gasteiger partial charge >= 0.3 is 0 Å². The third-order valence-electron chi connectivity index (χ3n) is 4.76. The summed E-state index contributed by atoms with van der Waals surface area (Å²) in [5, 5.41) is 7.19. The first-order chi connectivity index (χ1) is 17.2. The molecular weight excluding hydrogens is 569 g/mol. The van der Waals surface area contributed by atoms with Gasteiger partial charge in [-0.1, -0.05) is 53.0 Å². The average molecular weight is 593 g/mol. The molecule has 3 rings (SSSR count). The quantitative estimate of drug-likeness (QED) is 0.159. The van der Waals surface area contributed by atoms with E-state index in [2.05, 4.69) is 31.8 Å². The van der Waals surface area contributed by atoms with Crippen molar-refractivity contribution in [1.82, 2.24) is 5.43 Å². The first kappa shape index (κ1) is 27.5. The van der Waals surface area contributed by atoms with Crippen LogP contribution in [0.2, 0.25) is 10.0 Å². The molecule has 0 atom stereocenters. The number of carbonyl (C=O) groups is 2. The number of carbonyl (C=O) groups excluding carboxylic acids is 2. The average Bonchev–Trinajstić information content (AvgIpc) is 2.82. The molecule has 0 aliphatic rings. The summed E-state index contributed by atoms with van der Waals surface area (Å²) in [7, 11) is 0. The Morgan fingerprint density at radius 2 is 1.75 bits per heavy atom. The third-order valence-corrected chi connectivity index (χ3v) is 6.09. The van der Waals surface area contributed by atoms with E-state index in [1.165, 1.54) is 17.8 Å². The molecule has 0 fully saturated rings. The lowest BCUT2D eigenvalue weighted by atomic mass is 10.2. The second kappa shape index (κ2) is 13.3. The molecule has 0 unspecified atom stereocenters. The van der Waals surface area contributed by atoms with E-state index >= 15 is 0 Å². The molecule has 2 N–H and O–H groups in total. The summed E-state index contributed by atoms with van der Waals surface area (Å²) in [6.07, 6.45) is 1.03. The predicted molar refractivity (Wildman–Crippen MR) is 146 cm³/mol. The van der Waals surface area contributed by atoms with Gasteiger partial charge in [-0.25, -0.2) is 5.43 Å². The molecule has 0 spiro atoms. The van der Waals surface area contributed by atoms with Crippen LogP contribution in [0.15, 0.2) is 64.2 Å². The van der Waals surface area contributed by atoms with E-state index in [0.29, 0.717) is 50.5 Å². The molecule has 0 aliphatic carbocycles. The number of rotatable bonds is 10. The van der Waals surface area contributed by atoms with Crippen LogP contribution in [-0.4, -0.2) is 24.6 Å². The van der Waals surface area contributed by atoms with Crippen molar-refractivity contribution in [3.05, 3.63) is 85.8 Å². The second-order valence-corrected chi connectivity index (χ2v) is 9.35. The zero-order valence-electron chi connectivity index (χ0n) is 19.6. The zero-order valence-corrected chi connectivity index (χ0v) is 22.7. The van der Waals surface area contributed by atoms with Gasteiger partial charge in [-0.2, -0.15) is 5.10 Å². The van der Waals surface area contributed by atoms with Crippen molar-refractivity contribution < 1.29 is 19.1 Å². The minimum Gasteiger partial charge on any atom is -0.490 e. The number of amides is 2. The maximum atomic E-state index is 12.1. The maximum absolute atomic E-state index is 12.1. The van der Waals surface area contributed by atoms with Crippen molar-refractivity contribution in [2.24, 2.45) is 5.10 Å². The van der Waals surface area contributed by atoms with Crippen LogP contribution in [0, 0.1) is 6.92 Å². The Labute approximate surface area is 227 Å². The Morgan fingerprint density at radius 1 is 1.00 bits per heavy atom. The van der Waals surface area contributed by atoms with E-state index in [4.69, 9.17) is 32.7 Å². The summed E-state index contributed by atoms with van der Waals surface area (Å²) in [5.41, 5.74) is 5.65. The Balaban J connectivity index is 1.59. The SMILES string of the molecule is CCOc1cc(C=NNC(=O)CC(=O)Nc2ccc(Cl)c(Cl)c2)cc(Br)c1OCc1ccc(C)cc1. The molecule has 10 heteroatoms. The predicted octanol–water partition coefficient (Wildman–Crippen LogP) is 6.52. The van der Waals surface area contributed by atoms with Gasteiger partial charge in [0.25, 0.3) is 0 Å². The van der Waals surface area contributed by atoms with Crippen molar-refractivity contribution in [2.75, 3.05) is 11.9 Å². The van der Waals surface area contributed by atoms with Crippen LogP contribution < -0.4 is 20.2 Å². The standard InChI is InChI=1S/C26H24BrCl2N3O4/c1-3-35-23-11-18(10-20(27)26(23)36-15-17-6-4-16(2)5-7-17)14-30-32-25(34)13-24(33)31-19-8-9-21(28)22(29)12-19/h4-12,14H,3,13,15H2,1-2H3,(H,31,33)(H,32,34). The zero-order chi connectivity index (χ0) is 26.1. The minimum atomic E-state index is -0.578. The van der Waals surface area contributed by atoms with Gasteiger partial charge in [-0.3, -0.25) is 9.59 Å². The molecule has 188 valence electrons. The number of anilines is 1. The number of hydrogen-bond donors (Lipinski definition) is 2. The Bertz CT molecular complexity index is 1270. The van der Waals surface area contributed by atoms with Gasteiger partial charge in [0.05, 0.1) is 27.3 Å². The van der Waals surface area contributed by atoms with Gasteiger partial charge in [0.2, 0.25) is 11.8 Å². The van der Waals surface area contributed by atoms with Gasteiger partial charge in [-0.15, -0.1) is 0 Å². The van der Waals surface area contributed by atoms with Crippen molar-refractivity contribution in [3.8, 4) is 11.5 Å². The number of nitrogens with one attached hydrogen (secondary N) is 2. The summed E-state index contributed by atoms with van der Waals surface area (Å²) < 4.78 is 12.4. The lowest BCUT2D eigenvalue weighted by Gasteiger charge is -2.15. The molecule has 0 heterocycles. The molecule has 0 saturated heterocycles. The van der Waals surface area contributed by atoms with Gasteiger partial charge in [0, 0.05) is 5.69 Å². The fourth-order valence-corrected chi connectivity index (χ4v) is 3.92. The molecule has 0 aliphatic heterocycles. The van der Waals surface area contributed by atoms with Crippen molar-refractivity contribution in [2.45, 2.75) is 26.9 Å². The highest BCUT2D eigenvalue weighted by Crippen LogP contribution is 2.37. The van der Waals surface area contributed by atoms with Crippen LogP contribution in [0.5, 0.6) is 11.5 Å². The van der Waals surface area contributed by atoms with E-state index in [-0.39, 0.29) is 0 Å². The van der Waals surface area contributed by atoms with Gasteiger partial charge in [0.1, 0.15) is 13.0 Å². The van der Waals surface area contributed by atoms with Crippen LogP contribution in [0.1, 0.15) is 30.0 Å². The summed E-state index contributed by atoms with van der Waals surface area (Å²) in [6, 6.07) is 16.3. The normalized spacial score (nSPS) is 10.8. The number of benzene rings is 3. The fraction of sp³-hybridized carbons (Fsp3) is 0.192. The molecule has 3 aromatic carbocycles. The van der Waals surface area contributed by atoms with Crippen molar-refractivity contribution >= 4 is 62.8 Å². The van der Waals surface area contributed by atoms with E-state index in [1.54, 1.807) is 24.3 Å². The van der Waals surface area contributed by atoms with Gasteiger partial charge < -0.3 is 14.8 Å². The highest BCUT2D eigenvalue weighted by Gasteiger charge is 2.13. The van der Waals surface area contributed by atoms with Crippen LogP contribution in [0.3, 0.4) is 0 Å². The van der Waals surface area contributed by atoms with Crippen molar-refractivity contribution in [3.63, 3.8) is 0 Å². The molecule has 0 radical (unpaired) electrons. The molecule has 0 aromatic heterocycles. The summed E-state index contributed by atoms with van der Waals surface area (Å²) in [4.78, 5) is 24.2. The molecular formula is C26H24BrCl2N3O4. The molecule has 3 aromatic rings. The van der Waals surface area contributed by atoms with Crippen molar-refractivity contribution in [1.29, 1.82) is 0 Å². The minimum absolute atomic E-state index is 0.299. The fourth-order valence-electron chi connectivity index (χ4n) is 3.05. The Hall–Kier alpha value is -3.07. The van der Waals surface area contributed by atoms with Crippen LogP contribution >= 0.6 is 39.1 Å². The topological polar surface area (TPSA) is 89.0 Å². The van der Waals surface area contributed by atoms with Crippen LogP contribution in [0.25, 0.3) is 0 Å². The summed E-state index contributed by atoms with van der Waals surface area (Å²) >= 11 is 15.3. The molecule has 2 amide bonds. The largest absolute Gasteiger partial charge is 0.490 e. The summed E-state index contributed by atoms with van der Waals surface area (Å²) in [6.45, 7) is 4.73. The number of halogens is 3. The van der Waals surface area contributed by atoms with Crippen LogP contribution in [0.4, 0.5) is 5.69 Å². The van der Waals surface area contributed by atoms with E-state index < -0.39 is 18.2 Å². The Kier molecular flexibility index (Phi) is 10.2. The number of hydrazone groups is 1. The monoisotopic (exact) mass is 591 g/mol. The molecule has 7 nitrogen and oxygen atoms in total. The second-order valence-electron chi connectivity index (χ2n) is 7.68.